The van der Waals surface area contributed by atoms with Crippen LogP contribution in [0.15, 0.2) is 36.7 Å². The zero-order valence-corrected chi connectivity index (χ0v) is 10.7. The minimum Gasteiger partial charge on any atom is -0.334 e. The van der Waals surface area contributed by atoms with Crippen molar-refractivity contribution in [3.63, 3.8) is 0 Å². The molecule has 2 rings (SSSR count). The van der Waals surface area contributed by atoms with E-state index >= 15 is 0 Å². The van der Waals surface area contributed by atoms with E-state index in [9.17, 15) is 4.39 Å². The first-order chi connectivity index (χ1) is 8.66. The van der Waals surface area contributed by atoms with Crippen molar-refractivity contribution < 1.29 is 4.39 Å². The zero-order chi connectivity index (χ0) is 13.0. The van der Waals surface area contributed by atoms with Crippen molar-refractivity contribution in [2.24, 2.45) is 0 Å². The molecule has 0 saturated heterocycles. The third-order valence-corrected chi connectivity index (χ3v) is 3.10. The number of hydrogen-bond acceptors (Lipinski definition) is 2. The first-order valence-corrected chi connectivity index (χ1v) is 6.13. The van der Waals surface area contributed by atoms with Crippen LogP contribution in [0.5, 0.6) is 0 Å². The van der Waals surface area contributed by atoms with Gasteiger partial charge in [-0.3, -0.25) is 0 Å². The van der Waals surface area contributed by atoms with Crippen molar-refractivity contribution in [2.75, 3.05) is 6.54 Å². The summed E-state index contributed by atoms with van der Waals surface area (Å²) in [4.78, 5) is 4.18. The molecule has 0 fully saturated rings. The second-order valence-corrected chi connectivity index (χ2v) is 4.40. The van der Waals surface area contributed by atoms with Gasteiger partial charge in [0.2, 0.25) is 0 Å². The molecular weight excluding hydrogens is 229 g/mol. The van der Waals surface area contributed by atoms with Gasteiger partial charge in [-0.05, 0) is 31.5 Å². The van der Waals surface area contributed by atoms with Crippen molar-refractivity contribution in [1.29, 1.82) is 0 Å². The number of halogens is 1. The average Bonchev–Trinajstić information content (AvgIpc) is 2.76. The molecule has 0 radical (unpaired) electrons. The Kier molecular flexibility index (Phi) is 4.10. The standard InChI is InChI=1S/C14H18FN3/c1-11(13-3-5-14(15)6-4-13)16-7-9-18-10-8-17-12(18)2/h3-6,8,10-11,16H,7,9H2,1-2H3/t11-/m0/s1. The first-order valence-electron chi connectivity index (χ1n) is 6.13. The molecule has 0 unspecified atom stereocenters. The van der Waals surface area contributed by atoms with Gasteiger partial charge in [-0.15, -0.1) is 0 Å². The predicted octanol–water partition coefficient (Wildman–Crippen LogP) is 2.68. The normalized spacial score (nSPS) is 12.6. The van der Waals surface area contributed by atoms with E-state index in [1.807, 2.05) is 25.3 Å². The van der Waals surface area contributed by atoms with Gasteiger partial charge in [-0.1, -0.05) is 12.1 Å². The molecule has 1 N–H and O–H groups in total. The maximum atomic E-state index is 12.8. The molecule has 96 valence electrons. The topological polar surface area (TPSA) is 29.9 Å². The first kappa shape index (κ1) is 12.8. The Balaban J connectivity index is 1.83. The largest absolute Gasteiger partial charge is 0.334 e. The minimum absolute atomic E-state index is 0.194. The molecule has 0 amide bonds. The van der Waals surface area contributed by atoms with Crippen LogP contribution in [0.4, 0.5) is 4.39 Å². The van der Waals surface area contributed by atoms with Crippen molar-refractivity contribution in [1.82, 2.24) is 14.9 Å². The molecule has 0 aliphatic carbocycles. The SMILES string of the molecule is Cc1nccn1CCN[C@@H](C)c1ccc(F)cc1. The van der Waals surface area contributed by atoms with E-state index in [1.54, 1.807) is 6.20 Å². The summed E-state index contributed by atoms with van der Waals surface area (Å²) < 4.78 is 14.9. The number of hydrogen-bond donors (Lipinski definition) is 1. The highest BCUT2D eigenvalue weighted by molar-refractivity contribution is 5.19. The van der Waals surface area contributed by atoms with Gasteiger partial charge in [0, 0.05) is 31.5 Å². The number of benzene rings is 1. The molecule has 0 bridgehead atoms. The summed E-state index contributed by atoms with van der Waals surface area (Å²) in [5, 5.41) is 3.41. The molecule has 1 atom stereocenters. The molecule has 0 saturated carbocycles. The van der Waals surface area contributed by atoms with E-state index < -0.39 is 0 Å². The predicted molar refractivity (Wildman–Crippen MR) is 69.8 cm³/mol. The number of rotatable bonds is 5. The number of aromatic nitrogens is 2. The number of imidazole rings is 1. The van der Waals surface area contributed by atoms with E-state index in [-0.39, 0.29) is 11.9 Å². The van der Waals surface area contributed by atoms with Gasteiger partial charge < -0.3 is 9.88 Å². The molecule has 4 heteroatoms. The maximum Gasteiger partial charge on any atom is 0.123 e. The van der Waals surface area contributed by atoms with Gasteiger partial charge in [0.25, 0.3) is 0 Å². The maximum absolute atomic E-state index is 12.8. The smallest absolute Gasteiger partial charge is 0.123 e. The summed E-state index contributed by atoms with van der Waals surface area (Å²) in [7, 11) is 0. The summed E-state index contributed by atoms with van der Waals surface area (Å²) in [5.74, 6) is 0.825. The summed E-state index contributed by atoms with van der Waals surface area (Å²) >= 11 is 0. The Hall–Kier alpha value is -1.68. The van der Waals surface area contributed by atoms with Crippen molar-refractivity contribution >= 4 is 0 Å². The fourth-order valence-electron chi connectivity index (χ4n) is 1.91. The van der Waals surface area contributed by atoms with Crippen LogP contribution < -0.4 is 5.32 Å². The van der Waals surface area contributed by atoms with Gasteiger partial charge in [0.1, 0.15) is 11.6 Å². The molecule has 0 spiro atoms. The lowest BCUT2D eigenvalue weighted by Gasteiger charge is -2.14. The molecule has 0 aliphatic rings. The monoisotopic (exact) mass is 247 g/mol. The van der Waals surface area contributed by atoms with Crippen LogP contribution in [-0.2, 0) is 6.54 Å². The summed E-state index contributed by atoms with van der Waals surface area (Å²) in [6.07, 6.45) is 3.78. The number of nitrogens with zero attached hydrogens (tertiary/aromatic N) is 2. The minimum atomic E-state index is -0.194. The van der Waals surface area contributed by atoms with E-state index in [4.69, 9.17) is 0 Å². The van der Waals surface area contributed by atoms with Crippen LogP contribution in [0.3, 0.4) is 0 Å². The second-order valence-electron chi connectivity index (χ2n) is 4.40. The molecule has 1 aromatic heterocycles. The molecule has 1 aromatic carbocycles. The van der Waals surface area contributed by atoms with E-state index in [0.717, 1.165) is 24.5 Å². The summed E-state index contributed by atoms with van der Waals surface area (Å²) in [6, 6.07) is 6.83. The Labute approximate surface area is 107 Å². The lowest BCUT2D eigenvalue weighted by molar-refractivity contribution is 0.525. The third-order valence-electron chi connectivity index (χ3n) is 3.10. The van der Waals surface area contributed by atoms with Gasteiger partial charge in [0.05, 0.1) is 0 Å². The van der Waals surface area contributed by atoms with Gasteiger partial charge >= 0.3 is 0 Å². The van der Waals surface area contributed by atoms with Gasteiger partial charge in [-0.2, -0.15) is 0 Å². The molecular formula is C14H18FN3. The molecule has 3 nitrogen and oxygen atoms in total. The van der Waals surface area contributed by atoms with E-state index in [0.29, 0.717) is 0 Å². The lowest BCUT2D eigenvalue weighted by atomic mass is 10.1. The van der Waals surface area contributed by atoms with E-state index in [1.165, 1.54) is 12.1 Å². The van der Waals surface area contributed by atoms with Crippen LogP contribution in [-0.4, -0.2) is 16.1 Å². The van der Waals surface area contributed by atoms with Crippen LogP contribution in [0.1, 0.15) is 24.4 Å². The van der Waals surface area contributed by atoms with Crippen LogP contribution in [0, 0.1) is 12.7 Å². The van der Waals surface area contributed by atoms with Crippen LogP contribution in [0.2, 0.25) is 0 Å². The number of nitrogens with one attached hydrogen (secondary N) is 1. The Morgan fingerprint density at radius 2 is 2.06 bits per heavy atom. The fraction of sp³-hybridized carbons (Fsp3) is 0.357. The van der Waals surface area contributed by atoms with E-state index in [2.05, 4.69) is 21.8 Å². The van der Waals surface area contributed by atoms with Crippen LogP contribution >= 0.6 is 0 Å². The summed E-state index contributed by atoms with van der Waals surface area (Å²) in [6.45, 7) is 5.81. The highest BCUT2D eigenvalue weighted by atomic mass is 19.1. The third kappa shape index (κ3) is 3.17. The van der Waals surface area contributed by atoms with Gasteiger partial charge in [0.15, 0.2) is 0 Å². The second kappa shape index (κ2) is 5.78. The molecule has 0 aliphatic heterocycles. The molecule has 1 heterocycles. The molecule has 2 aromatic rings. The van der Waals surface area contributed by atoms with Gasteiger partial charge in [-0.25, -0.2) is 9.37 Å². The van der Waals surface area contributed by atoms with Crippen molar-refractivity contribution in [3.05, 3.63) is 53.9 Å². The van der Waals surface area contributed by atoms with Crippen molar-refractivity contribution in [2.45, 2.75) is 26.4 Å². The van der Waals surface area contributed by atoms with Crippen molar-refractivity contribution in [3.8, 4) is 0 Å². The Morgan fingerprint density at radius 1 is 1.33 bits per heavy atom. The quantitative estimate of drug-likeness (QED) is 0.880. The molecule has 18 heavy (non-hydrogen) atoms. The average molecular weight is 247 g/mol. The number of aryl methyl sites for hydroxylation is 1. The Bertz CT molecular complexity index is 490. The van der Waals surface area contributed by atoms with Crippen LogP contribution in [0.25, 0.3) is 0 Å². The lowest BCUT2D eigenvalue weighted by Crippen LogP contribution is -2.23. The zero-order valence-electron chi connectivity index (χ0n) is 10.7. The Morgan fingerprint density at radius 3 is 2.67 bits per heavy atom. The highest BCUT2D eigenvalue weighted by Gasteiger charge is 2.04. The summed E-state index contributed by atoms with van der Waals surface area (Å²) in [5.41, 5.74) is 1.10. The fourth-order valence-corrected chi connectivity index (χ4v) is 1.91. The highest BCUT2D eigenvalue weighted by Crippen LogP contribution is 2.12.